The minimum Gasteiger partial charge on any atom is -0.330 e. The molecule has 1 atom stereocenters. The first-order chi connectivity index (χ1) is 7.66. The summed E-state index contributed by atoms with van der Waals surface area (Å²) in [6, 6.07) is 8.90. The van der Waals surface area contributed by atoms with Crippen LogP contribution in [0.15, 0.2) is 29.2 Å². The number of benzene rings is 1. The van der Waals surface area contributed by atoms with Gasteiger partial charge in [0.15, 0.2) is 0 Å². The Morgan fingerprint density at radius 1 is 1.19 bits per heavy atom. The molecule has 0 saturated carbocycles. The third-order valence-electron chi connectivity index (χ3n) is 3.11. The van der Waals surface area contributed by atoms with Gasteiger partial charge in [0.2, 0.25) is 0 Å². The highest BCUT2D eigenvalue weighted by atomic mass is 32.2. The Kier molecular flexibility index (Phi) is 5.36. The topological polar surface area (TPSA) is 26.0 Å². The molecule has 1 aromatic carbocycles. The van der Waals surface area contributed by atoms with Gasteiger partial charge in [-0.1, -0.05) is 39.3 Å². The zero-order valence-corrected chi connectivity index (χ0v) is 11.4. The molecule has 0 radical (unpaired) electrons. The van der Waals surface area contributed by atoms with Crippen molar-refractivity contribution in [3.8, 4) is 0 Å². The maximum atomic E-state index is 5.92. The van der Waals surface area contributed by atoms with Crippen LogP contribution in [0.5, 0.6) is 0 Å². The van der Waals surface area contributed by atoms with Gasteiger partial charge in [0.25, 0.3) is 0 Å². The van der Waals surface area contributed by atoms with Crippen LogP contribution in [0.25, 0.3) is 0 Å². The molecule has 2 heteroatoms. The lowest BCUT2D eigenvalue weighted by Crippen LogP contribution is -2.31. The molecular weight excluding hydrogens is 214 g/mol. The van der Waals surface area contributed by atoms with Crippen LogP contribution in [0.4, 0.5) is 0 Å². The van der Waals surface area contributed by atoms with Crippen LogP contribution < -0.4 is 5.73 Å². The Balaban J connectivity index is 2.85. The first kappa shape index (κ1) is 13.6. The molecule has 0 aliphatic heterocycles. The van der Waals surface area contributed by atoms with Gasteiger partial charge in [-0.25, -0.2) is 0 Å². The van der Waals surface area contributed by atoms with E-state index in [-0.39, 0.29) is 5.41 Å². The van der Waals surface area contributed by atoms with Crippen LogP contribution in [0, 0.1) is 0 Å². The SMILES string of the molecule is CCCC(C)(CN)c1ccc(SCC)cc1. The highest BCUT2D eigenvalue weighted by Gasteiger charge is 2.23. The molecule has 2 N–H and O–H groups in total. The van der Waals surface area contributed by atoms with Crippen LogP contribution in [-0.2, 0) is 5.41 Å². The van der Waals surface area contributed by atoms with Crippen molar-refractivity contribution in [2.75, 3.05) is 12.3 Å². The largest absolute Gasteiger partial charge is 0.330 e. The van der Waals surface area contributed by atoms with Crippen molar-refractivity contribution >= 4 is 11.8 Å². The van der Waals surface area contributed by atoms with Crippen molar-refractivity contribution in [3.05, 3.63) is 29.8 Å². The van der Waals surface area contributed by atoms with Gasteiger partial charge >= 0.3 is 0 Å². The fourth-order valence-corrected chi connectivity index (χ4v) is 2.70. The second kappa shape index (κ2) is 6.31. The molecule has 1 rings (SSSR count). The molecule has 0 aromatic heterocycles. The summed E-state index contributed by atoms with van der Waals surface area (Å²) in [6.45, 7) is 7.38. The zero-order valence-electron chi connectivity index (χ0n) is 10.6. The Hall–Kier alpha value is -0.470. The fraction of sp³-hybridized carbons (Fsp3) is 0.571. The summed E-state index contributed by atoms with van der Waals surface area (Å²) in [5.41, 5.74) is 7.43. The number of hydrogen-bond acceptors (Lipinski definition) is 2. The highest BCUT2D eigenvalue weighted by Crippen LogP contribution is 2.29. The van der Waals surface area contributed by atoms with Crippen molar-refractivity contribution in [1.82, 2.24) is 0 Å². The first-order valence-electron chi connectivity index (χ1n) is 6.09. The smallest absolute Gasteiger partial charge is 0.00720 e. The van der Waals surface area contributed by atoms with Gasteiger partial charge in [0.1, 0.15) is 0 Å². The van der Waals surface area contributed by atoms with Gasteiger partial charge in [0, 0.05) is 16.9 Å². The summed E-state index contributed by atoms with van der Waals surface area (Å²) < 4.78 is 0. The van der Waals surface area contributed by atoms with E-state index in [0.717, 1.165) is 18.7 Å². The summed E-state index contributed by atoms with van der Waals surface area (Å²) in [4.78, 5) is 1.35. The molecule has 1 aromatic rings. The minimum absolute atomic E-state index is 0.143. The van der Waals surface area contributed by atoms with Gasteiger partial charge in [-0.05, 0) is 29.9 Å². The van der Waals surface area contributed by atoms with E-state index in [1.54, 1.807) is 0 Å². The van der Waals surface area contributed by atoms with E-state index in [2.05, 4.69) is 45.0 Å². The molecule has 16 heavy (non-hydrogen) atoms. The summed E-state index contributed by atoms with van der Waals surface area (Å²) in [7, 11) is 0. The zero-order chi connectivity index (χ0) is 12.0. The molecule has 0 fully saturated rings. The van der Waals surface area contributed by atoms with E-state index in [1.807, 2.05) is 11.8 Å². The van der Waals surface area contributed by atoms with E-state index in [0.29, 0.717) is 0 Å². The normalized spacial score (nSPS) is 14.8. The molecule has 90 valence electrons. The van der Waals surface area contributed by atoms with E-state index in [1.165, 1.54) is 16.9 Å². The summed E-state index contributed by atoms with van der Waals surface area (Å²) >= 11 is 1.88. The van der Waals surface area contributed by atoms with Crippen molar-refractivity contribution in [3.63, 3.8) is 0 Å². The molecule has 0 aliphatic carbocycles. The highest BCUT2D eigenvalue weighted by molar-refractivity contribution is 7.99. The number of thioether (sulfide) groups is 1. The summed E-state index contributed by atoms with van der Waals surface area (Å²) in [6.07, 6.45) is 2.34. The van der Waals surface area contributed by atoms with E-state index in [9.17, 15) is 0 Å². The maximum absolute atomic E-state index is 5.92. The van der Waals surface area contributed by atoms with Crippen molar-refractivity contribution in [2.45, 2.75) is 43.9 Å². The lowest BCUT2D eigenvalue weighted by atomic mass is 9.79. The van der Waals surface area contributed by atoms with E-state index >= 15 is 0 Å². The quantitative estimate of drug-likeness (QED) is 0.761. The van der Waals surface area contributed by atoms with Crippen LogP contribution >= 0.6 is 11.8 Å². The van der Waals surface area contributed by atoms with E-state index < -0.39 is 0 Å². The van der Waals surface area contributed by atoms with Crippen molar-refractivity contribution < 1.29 is 0 Å². The monoisotopic (exact) mass is 237 g/mol. The van der Waals surface area contributed by atoms with E-state index in [4.69, 9.17) is 5.73 Å². The standard InChI is InChI=1S/C14H23NS/c1-4-10-14(3,11-15)12-6-8-13(9-7-12)16-5-2/h6-9H,4-5,10-11,15H2,1-3H3. The molecule has 0 aliphatic rings. The fourth-order valence-electron chi connectivity index (χ4n) is 2.04. The average molecular weight is 237 g/mol. The minimum atomic E-state index is 0.143. The summed E-state index contributed by atoms with van der Waals surface area (Å²) in [5.74, 6) is 1.13. The van der Waals surface area contributed by atoms with Gasteiger partial charge in [-0.2, -0.15) is 0 Å². The van der Waals surface area contributed by atoms with Gasteiger partial charge in [-0.15, -0.1) is 11.8 Å². The Bertz CT molecular complexity index is 307. The second-order valence-corrected chi connectivity index (χ2v) is 5.81. The molecule has 0 amide bonds. The predicted molar refractivity (Wildman–Crippen MR) is 74.2 cm³/mol. The van der Waals surface area contributed by atoms with Crippen LogP contribution in [0.3, 0.4) is 0 Å². The molecular formula is C14H23NS. The number of nitrogens with two attached hydrogens (primary N) is 1. The molecule has 0 heterocycles. The molecule has 0 bridgehead atoms. The predicted octanol–water partition coefficient (Wildman–Crippen LogP) is 3.82. The Morgan fingerprint density at radius 2 is 1.81 bits per heavy atom. The van der Waals surface area contributed by atoms with Crippen molar-refractivity contribution in [1.29, 1.82) is 0 Å². The van der Waals surface area contributed by atoms with Gasteiger partial charge < -0.3 is 5.73 Å². The second-order valence-electron chi connectivity index (χ2n) is 4.47. The van der Waals surface area contributed by atoms with Gasteiger partial charge in [0.05, 0.1) is 0 Å². The third-order valence-corrected chi connectivity index (χ3v) is 4.01. The third kappa shape index (κ3) is 3.26. The summed E-state index contributed by atoms with van der Waals surface area (Å²) in [5, 5.41) is 0. The molecule has 0 saturated heterocycles. The average Bonchev–Trinajstić information content (AvgIpc) is 2.30. The maximum Gasteiger partial charge on any atom is 0.00720 e. The molecule has 1 unspecified atom stereocenters. The van der Waals surface area contributed by atoms with Gasteiger partial charge in [-0.3, -0.25) is 0 Å². The lowest BCUT2D eigenvalue weighted by Gasteiger charge is -2.28. The Labute approximate surface area is 104 Å². The first-order valence-corrected chi connectivity index (χ1v) is 7.08. The van der Waals surface area contributed by atoms with Crippen LogP contribution in [-0.4, -0.2) is 12.3 Å². The Morgan fingerprint density at radius 3 is 2.25 bits per heavy atom. The van der Waals surface area contributed by atoms with Crippen molar-refractivity contribution in [2.24, 2.45) is 5.73 Å². The molecule has 0 spiro atoms. The number of hydrogen-bond donors (Lipinski definition) is 1. The van der Waals surface area contributed by atoms with Crippen LogP contribution in [0.2, 0.25) is 0 Å². The molecule has 1 nitrogen and oxygen atoms in total. The lowest BCUT2D eigenvalue weighted by molar-refractivity contribution is 0.439. The van der Waals surface area contributed by atoms with Crippen LogP contribution in [0.1, 0.15) is 39.2 Å². The number of rotatable bonds is 6.